The van der Waals surface area contributed by atoms with Gasteiger partial charge in [0.25, 0.3) is 0 Å². The number of hydrogen-bond acceptors (Lipinski definition) is 5. The molecular weight excluding hydrogens is 451 g/mol. The molecule has 9 heteroatoms. The number of halogens is 3. The standard InChI is InChI=1S/C25H30F3NO5/c1-24(2,3)34-23(31)29-12-10-17(11-13-29)16-32-22-14-18(8-9-21(22)33-25(26,27)28)20-7-5-4-6-19(20)15-30/h4-9,14,17,30H,10-13,15-16H2,1-3H3. The molecule has 6 nitrogen and oxygen atoms in total. The molecule has 0 spiro atoms. The van der Waals surface area contributed by atoms with Crippen molar-refractivity contribution in [2.75, 3.05) is 19.7 Å². The third kappa shape index (κ3) is 7.28. The van der Waals surface area contributed by atoms with Crippen LogP contribution in [-0.2, 0) is 11.3 Å². The van der Waals surface area contributed by atoms with Gasteiger partial charge in [-0.25, -0.2) is 4.79 Å². The van der Waals surface area contributed by atoms with E-state index in [1.54, 1.807) is 49.9 Å². The summed E-state index contributed by atoms with van der Waals surface area (Å²) in [4.78, 5) is 13.9. The SMILES string of the molecule is CC(C)(C)OC(=O)N1CCC(COc2cc(-c3ccccc3CO)ccc2OC(F)(F)F)CC1. The number of alkyl halides is 3. The van der Waals surface area contributed by atoms with Crippen molar-refractivity contribution in [1.82, 2.24) is 4.90 Å². The maximum Gasteiger partial charge on any atom is 0.573 e. The van der Waals surface area contributed by atoms with Gasteiger partial charge in [-0.3, -0.25) is 0 Å². The molecule has 3 rings (SSSR count). The van der Waals surface area contributed by atoms with Crippen LogP contribution in [0.4, 0.5) is 18.0 Å². The van der Waals surface area contributed by atoms with E-state index in [9.17, 15) is 23.1 Å². The van der Waals surface area contributed by atoms with Crippen LogP contribution in [0, 0.1) is 5.92 Å². The number of benzene rings is 2. The van der Waals surface area contributed by atoms with E-state index in [0.29, 0.717) is 42.6 Å². The van der Waals surface area contributed by atoms with Crippen LogP contribution in [0.25, 0.3) is 11.1 Å². The third-order valence-corrected chi connectivity index (χ3v) is 5.41. The van der Waals surface area contributed by atoms with Crippen LogP contribution in [0.2, 0.25) is 0 Å². The zero-order chi connectivity index (χ0) is 24.9. The maximum absolute atomic E-state index is 12.9. The van der Waals surface area contributed by atoms with E-state index in [4.69, 9.17) is 9.47 Å². The molecule has 0 atom stereocenters. The second-order valence-electron chi connectivity index (χ2n) is 9.25. The molecule has 0 bridgehead atoms. The summed E-state index contributed by atoms with van der Waals surface area (Å²) >= 11 is 0. The van der Waals surface area contributed by atoms with Crippen LogP contribution in [0.15, 0.2) is 42.5 Å². The van der Waals surface area contributed by atoms with Gasteiger partial charge in [-0.15, -0.1) is 13.2 Å². The molecule has 0 radical (unpaired) electrons. The van der Waals surface area contributed by atoms with Gasteiger partial charge in [-0.2, -0.15) is 0 Å². The Morgan fingerprint density at radius 1 is 1.06 bits per heavy atom. The fourth-order valence-corrected chi connectivity index (χ4v) is 3.75. The molecule has 1 aliphatic rings. The summed E-state index contributed by atoms with van der Waals surface area (Å²) in [5.41, 5.74) is 1.37. The van der Waals surface area contributed by atoms with E-state index in [-0.39, 0.29) is 31.0 Å². The Kier molecular flexibility index (Phi) is 7.97. The molecule has 2 aromatic rings. The lowest BCUT2D eigenvalue weighted by molar-refractivity contribution is -0.275. The van der Waals surface area contributed by atoms with E-state index in [2.05, 4.69) is 4.74 Å². The van der Waals surface area contributed by atoms with Crippen LogP contribution in [0.1, 0.15) is 39.2 Å². The second kappa shape index (κ2) is 10.5. The van der Waals surface area contributed by atoms with Crippen LogP contribution < -0.4 is 9.47 Å². The summed E-state index contributed by atoms with van der Waals surface area (Å²) in [6.07, 6.45) is -3.95. The number of piperidine rings is 1. The zero-order valence-corrected chi connectivity index (χ0v) is 19.5. The Labute approximate surface area is 197 Å². The van der Waals surface area contributed by atoms with Crippen LogP contribution in [-0.4, -0.2) is 47.8 Å². The highest BCUT2D eigenvalue weighted by Gasteiger charge is 2.33. The third-order valence-electron chi connectivity index (χ3n) is 5.41. The molecule has 2 aromatic carbocycles. The minimum atomic E-state index is -4.86. The fourth-order valence-electron chi connectivity index (χ4n) is 3.75. The van der Waals surface area contributed by atoms with Crippen molar-refractivity contribution < 1.29 is 37.3 Å². The number of aliphatic hydroxyl groups excluding tert-OH is 1. The Balaban J connectivity index is 1.71. The maximum atomic E-state index is 12.9. The lowest BCUT2D eigenvalue weighted by Gasteiger charge is -2.33. The smallest absolute Gasteiger partial charge is 0.489 e. The van der Waals surface area contributed by atoms with Crippen molar-refractivity contribution in [3.8, 4) is 22.6 Å². The van der Waals surface area contributed by atoms with Gasteiger partial charge in [0, 0.05) is 13.1 Å². The minimum Gasteiger partial charge on any atom is -0.489 e. The Bertz CT molecular complexity index is 979. The number of ether oxygens (including phenoxy) is 3. The predicted molar refractivity (Wildman–Crippen MR) is 121 cm³/mol. The molecule has 0 aromatic heterocycles. The predicted octanol–water partition coefficient (Wildman–Crippen LogP) is 5.77. The van der Waals surface area contributed by atoms with Crippen molar-refractivity contribution in [3.63, 3.8) is 0 Å². The first-order valence-corrected chi connectivity index (χ1v) is 11.1. The lowest BCUT2D eigenvalue weighted by atomic mass is 9.98. The van der Waals surface area contributed by atoms with Crippen molar-refractivity contribution in [1.29, 1.82) is 0 Å². The number of hydrogen-bond donors (Lipinski definition) is 1. The molecule has 1 amide bonds. The van der Waals surface area contributed by atoms with E-state index in [1.807, 2.05) is 0 Å². The first kappa shape index (κ1) is 25.7. The second-order valence-corrected chi connectivity index (χ2v) is 9.25. The van der Waals surface area contributed by atoms with E-state index >= 15 is 0 Å². The lowest BCUT2D eigenvalue weighted by Crippen LogP contribution is -2.42. The van der Waals surface area contributed by atoms with Crippen LogP contribution >= 0.6 is 0 Å². The van der Waals surface area contributed by atoms with Crippen molar-refractivity contribution in [2.45, 2.75) is 52.2 Å². The molecular formula is C25H30F3NO5. The number of nitrogens with zero attached hydrogens (tertiary/aromatic N) is 1. The molecule has 34 heavy (non-hydrogen) atoms. The highest BCUT2D eigenvalue weighted by atomic mass is 19.4. The van der Waals surface area contributed by atoms with Crippen molar-refractivity contribution in [3.05, 3.63) is 48.0 Å². The number of carbonyl (C=O) groups is 1. The highest BCUT2D eigenvalue weighted by Crippen LogP contribution is 2.37. The molecule has 0 aliphatic carbocycles. The topological polar surface area (TPSA) is 68.2 Å². The monoisotopic (exact) mass is 481 g/mol. The molecule has 0 saturated carbocycles. The van der Waals surface area contributed by atoms with Gasteiger partial charge in [0.2, 0.25) is 0 Å². The quantitative estimate of drug-likeness (QED) is 0.567. The summed E-state index contributed by atoms with van der Waals surface area (Å²) in [5, 5.41) is 9.61. The highest BCUT2D eigenvalue weighted by molar-refractivity contribution is 5.70. The summed E-state index contributed by atoms with van der Waals surface area (Å²) in [6.45, 7) is 6.36. The van der Waals surface area contributed by atoms with Crippen molar-refractivity contribution in [2.24, 2.45) is 5.92 Å². The Morgan fingerprint density at radius 2 is 1.74 bits per heavy atom. The average Bonchev–Trinajstić information content (AvgIpc) is 2.76. The first-order valence-electron chi connectivity index (χ1n) is 11.1. The Morgan fingerprint density at radius 3 is 2.35 bits per heavy atom. The van der Waals surface area contributed by atoms with Gasteiger partial charge < -0.3 is 24.2 Å². The first-order chi connectivity index (χ1) is 15.9. The van der Waals surface area contributed by atoms with Gasteiger partial charge in [-0.05, 0) is 68.4 Å². The van der Waals surface area contributed by atoms with Crippen LogP contribution in [0.5, 0.6) is 11.5 Å². The summed E-state index contributed by atoms with van der Waals surface area (Å²) in [6, 6.07) is 11.3. The van der Waals surface area contributed by atoms with E-state index < -0.39 is 17.7 Å². The van der Waals surface area contributed by atoms with Gasteiger partial charge >= 0.3 is 12.5 Å². The minimum absolute atomic E-state index is 0.0304. The summed E-state index contributed by atoms with van der Waals surface area (Å²) < 4.78 is 54.2. The number of rotatable bonds is 6. The van der Waals surface area contributed by atoms with E-state index in [0.717, 1.165) is 0 Å². The fraction of sp³-hybridized carbons (Fsp3) is 0.480. The van der Waals surface area contributed by atoms with Gasteiger partial charge in [-0.1, -0.05) is 30.3 Å². The summed E-state index contributed by atoms with van der Waals surface area (Å²) in [5.74, 6) is -0.396. The van der Waals surface area contributed by atoms with Gasteiger partial charge in [0.05, 0.1) is 13.2 Å². The number of aliphatic hydroxyl groups is 1. The number of amides is 1. The molecule has 0 unspecified atom stereocenters. The number of likely N-dealkylation sites (tertiary alicyclic amines) is 1. The molecule has 186 valence electrons. The molecule has 1 aliphatic heterocycles. The average molecular weight is 482 g/mol. The summed E-state index contributed by atoms with van der Waals surface area (Å²) in [7, 11) is 0. The Hall–Kier alpha value is -2.94. The van der Waals surface area contributed by atoms with Gasteiger partial charge in [0.1, 0.15) is 5.60 Å². The largest absolute Gasteiger partial charge is 0.573 e. The number of carbonyl (C=O) groups excluding carboxylic acids is 1. The zero-order valence-electron chi connectivity index (χ0n) is 19.5. The molecule has 1 fully saturated rings. The molecule has 1 N–H and O–H groups in total. The van der Waals surface area contributed by atoms with Crippen molar-refractivity contribution >= 4 is 6.09 Å². The molecule has 1 heterocycles. The van der Waals surface area contributed by atoms with Gasteiger partial charge in [0.15, 0.2) is 11.5 Å². The molecule has 1 saturated heterocycles. The van der Waals surface area contributed by atoms with Crippen LogP contribution in [0.3, 0.4) is 0 Å². The van der Waals surface area contributed by atoms with E-state index in [1.165, 1.54) is 18.2 Å². The normalized spacial score (nSPS) is 15.2.